The molecule has 4 fully saturated rings. The number of aliphatic hydroxyl groups excluding tert-OH is 1. The van der Waals surface area contributed by atoms with Crippen LogP contribution in [0, 0.1) is 22.7 Å². The van der Waals surface area contributed by atoms with Gasteiger partial charge in [0.1, 0.15) is 0 Å². The van der Waals surface area contributed by atoms with Crippen LogP contribution in [-0.2, 0) is 6.42 Å². The number of ketones is 1. The normalized spacial score (nSPS) is 27.8. The van der Waals surface area contributed by atoms with Gasteiger partial charge < -0.3 is 15.3 Å². The number of carbonyl (C=O) groups is 1. The molecule has 4 aliphatic rings. The van der Waals surface area contributed by atoms with Crippen LogP contribution in [0.4, 0.5) is 11.4 Å². The first kappa shape index (κ1) is 32.7. The van der Waals surface area contributed by atoms with Gasteiger partial charge in [0.2, 0.25) is 0 Å². The van der Waals surface area contributed by atoms with E-state index < -0.39 is 0 Å². The van der Waals surface area contributed by atoms with Crippen LogP contribution in [0.15, 0.2) is 58.5 Å². The number of fused-ring (bicyclic) bond motifs is 2. The second kappa shape index (κ2) is 13.0. The second-order valence-electron chi connectivity index (χ2n) is 14.0. The molecule has 2 aromatic carbocycles. The van der Waals surface area contributed by atoms with Crippen molar-refractivity contribution in [2.45, 2.75) is 85.3 Å². The highest BCUT2D eigenvalue weighted by molar-refractivity contribution is 6.35. The summed E-state index contributed by atoms with van der Waals surface area (Å²) >= 11 is 12.4. The van der Waals surface area contributed by atoms with E-state index in [1.165, 1.54) is 6.42 Å². The van der Waals surface area contributed by atoms with E-state index in [2.05, 4.69) is 44.5 Å². The van der Waals surface area contributed by atoms with Gasteiger partial charge >= 0.3 is 0 Å². The van der Waals surface area contributed by atoms with Crippen molar-refractivity contribution in [3.05, 3.63) is 69.7 Å². The third kappa shape index (κ3) is 6.78. The summed E-state index contributed by atoms with van der Waals surface area (Å²) in [6.45, 7) is 16.7. The number of anilines is 1. The number of nitrogens with zero attached hydrogens (tertiary/aromatic N) is 3. The van der Waals surface area contributed by atoms with E-state index in [1.54, 1.807) is 13.0 Å². The molecule has 2 unspecified atom stereocenters. The van der Waals surface area contributed by atoms with Gasteiger partial charge in [-0.25, -0.2) is 4.99 Å². The summed E-state index contributed by atoms with van der Waals surface area (Å²) in [4.78, 5) is 24.7. The van der Waals surface area contributed by atoms with Crippen LogP contribution in [0.2, 0.25) is 10.0 Å². The van der Waals surface area contributed by atoms with Crippen LogP contribution in [0.25, 0.3) is 0 Å². The van der Waals surface area contributed by atoms with E-state index in [9.17, 15) is 9.90 Å². The number of nitrogens with one attached hydrogen (secondary N) is 1. The summed E-state index contributed by atoms with van der Waals surface area (Å²) in [5.74, 6) is 1.90. The molecule has 44 heavy (non-hydrogen) atoms. The zero-order valence-corrected chi connectivity index (χ0v) is 28.2. The van der Waals surface area contributed by atoms with Crippen molar-refractivity contribution in [1.82, 2.24) is 4.90 Å². The number of β-amino-alcohol motifs (C(OH)–C–C–N with tert-alkyl or cyclic N) is 1. The fourth-order valence-electron chi connectivity index (χ4n) is 7.43. The van der Waals surface area contributed by atoms with Gasteiger partial charge in [-0.15, -0.1) is 0 Å². The molecule has 6 nitrogen and oxygen atoms in total. The lowest BCUT2D eigenvalue weighted by Crippen LogP contribution is -2.63. The zero-order valence-electron chi connectivity index (χ0n) is 26.7. The van der Waals surface area contributed by atoms with Gasteiger partial charge in [-0.05, 0) is 97.6 Å². The first-order valence-electron chi connectivity index (χ1n) is 15.8. The number of carbonyl (C=O) groups excluding carboxylic acids is 1. The number of aliphatic hydroxyl groups is 1. The molecule has 2 N–H and O–H groups in total. The number of aliphatic imine (C=N–C) groups is 2. The van der Waals surface area contributed by atoms with Crippen molar-refractivity contribution >= 4 is 52.5 Å². The summed E-state index contributed by atoms with van der Waals surface area (Å²) < 4.78 is 0. The van der Waals surface area contributed by atoms with E-state index in [4.69, 9.17) is 33.2 Å². The minimum atomic E-state index is -0.361. The van der Waals surface area contributed by atoms with Gasteiger partial charge in [-0.1, -0.05) is 69.1 Å². The lowest BCUT2D eigenvalue weighted by Gasteiger charge is -2.68. The Morgan fingerprint density at radius 2 is 1.95 bits per heavy atom. The Morgan fingerprint density at radius 1 is 1.18 bits per heavy atom. The minimum Gasteiger partial charge on any atom is -0.391 e. The number of hydrogen-bond acceptors (Lipinski definition) is 4. The fraction of sp³-hybridized carbons (Fsp3) is 0.528. The topological polar surface area (TPSA) is 77.3 Å². The largest absolute Gasteiger partial charge is 0.391 e. The molecule has 0 radical (unpaired) electrons. The molecule has 3 saturated carbocycles. The summed E-state index contributed by atoms with van der Waals surface area (Å²) in [5.41, 5.74) is 4.68. The third-order valence-electron chi connectivity index (χ3n) is 10.8. The molecule has 2 aromatic rings. The predicted octanol–water partition coefficient (Wildman–Crippen LogP) is 8.77. The predicted molar refractivity (Wildman–Crippen MR) is 184 cm³/mol. The Hall–Kier alpha value is -2.67. The molecular weight excluding hydrogens is 591 g/mol. The summed E-state index contributed by atoms with van der Waals surface area (Å²) in [5, 5.41) is 15.2. The molecule has 1 saturated heterocycles. The van der Waals surface area contributed by atoms with Gasteiger partial charge in [0.25, 0.3) is 0 Å². The van der Waals surface area contributed by atoms with Crippen LogP contribution in [0.3, 0.4) is 0 Å². The fourth-order valence-corrected chi connectivity index (χ4v) is 7.93. The summed E-state index contributed by atoms with van der Waals surface area (Å²) in [7, 11) is 0. The average molecular weight is 638 g/mol. The molecular formula is C36H46Cl2N4O2. The van der Waals surface area contributed by atoms with Crippen LogP contribution in [-0.4, -0.2) is 53.2 Å². The highest BCUT2D eigenvalue weighted by Gasteiger charge is 2.63. The molecule has 0 aromatic heterocycles. The van der Waals surface area contributed by atoms with Crippen LogP contribution >= 0.6 is 23.2 Å². The maximum atomic E-state index is 12.5. The molecule has 0 spiro atoms. The molecule has 0 amide bonds. The SMILES string of the molecule is C=C(CC=Nc1cc(NC(=NC2C[C@]3(C)C[C@H]([C@@H]2C)C3(C)C)N2CCC(O)C2)ccc1C(C)=O)CCc1ccc(Cl)cc1Cl. The molecule has 6 rings (SSSR count). The lowest BCUT2D eigenvalue weighted by molar-refractivity contribution is -0.181. The summed E-state index contributed by atoms with van der Waals surface area (Å²) in [6.07, 6.45) is 6.65. The van der Waals surface area contributed by atoms with Gasteiger partial charge in [0.15, 0.2) is 11.7 Å². The Morgan fingerprint density at radius 3 is 2.61 bits per heavy atom. The van der Waals surface area contributed by atoms with Gasteiger partial charge in [0.05, 0.1) is 17.8 Å². The van der Waals surface area contributed by atoms with Crippen molar-refractivity contribution < 1.29 is 9.90 Å². The standard InChI is InChI=1S/C36H46Cl2N4O2/c1-22(7-8-25-9-10-26(37)17-31(25)38)13-15-39-32-18-27(11-12-29(32)24(3)43)40-34(42-16-14-28(44)21-42)41-33-20-36(6)19-30(23(33)2)35(36,4)5/h9-12,15,17-18,23,28,30,33,44H,1,7-8,13-14,16,19-21H2,2-6H3,(H,40,41)/t23-,28?,30+,33?,36-/m0/s1. The number of halogens is 2. The minimum absolute atomic E-state index is 0.0393. The van der Waals surface area contributed by atoms with E-state index in [-0.39, 0.29) is 17.9 Å². The third-order valence-corrected chi connectivity index (χ3v) is 11.4. The number of benzene rings is 2. The van der Waals surface area contributed by atoms with E-state index >= 15 is 0 Å². The summed E-state index contributed by atoms with van der Waals surface area (Å²) in [6, 6.07) is 11.4. The number of Topliss-reactive ketones (excluding diaryl/α,β-unsaturated/α-hetero) is 1. The van der Waals surface area contributed by atoms with E-state index in [0.717, 1.165) is 55.0 Å². The Balaban J connectivity index is 1.31. The number of aryl methyl sites for hydroxylation is 1. The number of guanidine groups is 1. The van der Waals surface area contributed by atoms with Crippen molar-refractivity contribution in [2.75, 3.05) is 18.4 Å². The smallest absolute Gasteiger partial charge is 0.198 e. The van der Waals surface area contributed by atoms with Crippen molar-refractivity contribution in [3.63, 3.8) is 0 Å². The van der Waals surface area contributed by atoms with Gasteiger partial charge in [-0.2, -0.15) is 0 Å². The quantitative estimate of drug-likeness (QED) is 0.125. The van der Waals surface area contributed by atoms with E-state index in [0.29, 0.717) is 56.9 Å². The van der Waals surface area contributed by atoms with Crippen LogP contribution in [0.5, 0.6) is 0 Å². The van der Waals surface area contributed by atoms with E-state index in [1.807, 2.05) is 36.5 Å². The Bertz CT molecular complexity index is 1480. The van der Waals surface area contributed by atoms with Gasteiger partial charge in [0, 0.05) is 47.0 Å². The number of hydrogen-bond donors (Lipinski definition) is 2. The number of likely N-dealkylation sites (tertiary alicyclic amines) is 1. The van der Waals surface area contributed by atoms with Crippen LogP contribution in [0.1, 0.15) is 82.6 Å². The molecule has 8 heteroatoms. The molecule has 1 aliphatic heterocycles. The van der Waals surface area contributed by atoms with Gasteiger partial charge in [-0.3, -0.25) is 9.79 Å². The van der Waals surface area contributed by atoms with Crippen molar-refractivity contribution in [2.24, 2.45) is 32.7 Å². The zero-order chi connectivity index (χ0) is 31.8. The van der Waals surface area contributed by atoms with Crippen LogP contribution < -0.4 is 5.32 Å². The molecule has 2 bridgehead atoms. The first-order chi connectivity index (χ1) is 20.8. The second-order valence-corrected chi connectivity index (χ2v) is 14.8. The first-order valence-corrected chi connectivity index (χ1v) is 16.6. The monoisotopic (exact) mass is 636 g/mol. The maximum absolute atomic E-state index is 12.5. The molecule has 236 valence electrons. The molecule has 5 atom stereocenters. The maximum Gasteiger partial charge on any atom is 0.198 e. The highest BCUT2D eigenvalue weighted by Crippen LogP contribution is 2.69. The highest BCUT2D eigenvalue weighted by atomic mass is 35.5. The Labute approximate surface area is 272 Å². The number of allylic oxidation sites excluding steroid dienone is 1. The molecule has 3 aliphatic carbocycles. The average Bonchev–Trinajstić information content (AvgIpc) is 3.40. The van der Waals surface area contributed by atoms with Crippen molar-refractivity contribution in [1.29, 1.82) is 0 Å². The molecule has 1 heterocycles. The van der Waals surface area contributed by atoms with Crippen molar-refractivity contribution in [3.8, 4) is 0 Å². The lowest BCUT2D eigenvalue weighted by atomic mass is 9.37. The Kier molecular flexibility index (Phi) is 9.65. The number of rotatable bonds is 9.